The Labute approximate surface area is 111 Å². The second-order valence-corrected chi connectivity index (χ2v) is 3.78. The van der Waals surface area contributed by atoms with Crippen molar-refractivity contribution in [3.8, 4) is 5.75 Å². The number of H-pyrrole nitrogens is 1. The third-order valence-electron chi connectivity index (χ3n) is 2.42. The Kier molecular flexibility index (Phi) is 4.34. The van der Waals surface area contributed by atoms with E-state index in [0.717, 1.165) is 11.4 Å². The summed E-state index contributed by atoms with van der Waals surface area (Å²) in [4.78, 5) is 14.7. The normalized spacial score (nSPS) is 10.6. The van der Waals surface area contributed by atoms with Crippen LogP contribution in [0.15, 0.2) is 47.7 Å². The fourth-order valence-electron chi connectivity index (χ4n) is 1.52. The number of ether oxygens (including phenoxy) is 1. The van der Waals surface area contributed by atoms with E-state index in [2.05, 4.69) is 15.5 Å². The Balaban J connectivity index is 1.92. The predicted octanol–water partition coefficient (Wildman–Crippen LogP) is 2.18. The van der Waals surface area contributed by atoms with Crippen LogP contribution in [0.3, 0.4) is 0 Å². The lowest BCUT2D eigenvalue weighted by Gasteiger charge is -2.03. The van der Waals surface area contributed by atoms with Crippen molar-refractivity contribution in [3.63, 3.8) is 0 Å². The minimum atomic E-state index is -0.258. The Bertz CT molecular complexity index is 545. The van der Waals surface area contributed by atoms with Crippen LogP contribution in [0.25, 0.3) is 0 Å². The van der Waals surface area contributed by atoms with E-state index < -0.39 is 0 Å². The maximum Gasteiger partial charge on any atom is 0.271 e. The highest BCUT2D eigenvalue weighted by Crippen LogP contribution is 2.11. The minimum Gasteiger partial charge on any atom is -0.494 e. The van der Waals surface area contributed by atoms with E-state index in [1.165, 1.54) is 0 Å². The van der Waals surface area contributed by atoms with Crippen molar-refractivity contribution in [2.75, 3.05) is 6.61 Å². The van der Waals surface area contributed by atoms with Gasteiger partial charge in [-0.05, 0) is 43.3 Å². The van der Waals surface area contributed by atoms with Crippen LogP contribution in [0, 0.1) is 0 Å². The summed E-state index contributed by atoms with van der Waals surface area (Å²) in [5, 5.41) is 3.86. The second-order valence-electron chi connectivity index (χ2n) is 3.78. The van der Waals surface area contributed by atoms with Crippen LogP contribution >= 0.6 is 0 Å². The average Bonchev–Trinajstić information content (AvgIpc) is 2.93. The number of nitrogens with one attached hydrogen (secondary N) is 2. The van der Waals surface area contributed by atoms with Crippen molar-refractivity contribution >= 4 is 12.1 Å². The molecule has 0 fully saturated rings. The zero-order chi connectivity index (χ0) is 13.5. The lowest BCUT2D eigenvalue weighted by Crippen LogP contribution is -2.17. The van der Waals surface area contributed by atoms with Crippen molar-refractivity contribution < 1.29 is 9.53 Å². The first-order valence-electron chi connectivity index (χ1n) is 5.99. The van der Waals surface area contributed by atoms with Gasteiger partial charge in [-0.1, -0.05) is 0 Å². The molecule has 0 saturated carbocycles. The summed E-state index contributed by atoms with van der Waals surface area (Å²) in [6.45, 7) is 2.52. The molecular formula is C14H15N3O2. The third-order valence-corrected chi connectivity index (χ3v) is 2.42. The van der Waals surface area contributed by atoms with E-state index in [1.54, 1.807) is 36.7 Å². The Morgan fingerprint density at radius 1 is 1.37 bits per heavy atom. The molecule has 98 valence electrons. The molecule has 1 aromatic carbocycles. The Morgan fingerprint density at radius 3 is 2.79 bits per heavy atom. The fraction of sp³-hybridized carbons (Fsp3) is 0.143. The van der Waals surface area contributed by atoms with Gasteiger partial charge in [-0.15, -0.1) is 0 Å². The van der Waals surface area contributed by atoms with Gasteiger partial charge in [-0.25, -0.2) is 5.43 Å². The van der Waals surface area contributed by atoms with Gasteiger partial charge >= 0.3 is 0 Å². The zero-order valence-electron chi connectivity index (χ0n) is 10.6. The molecule has 1 amide bonds. The smallest absolute Gasteiger partial charge is 0.271 e. The number of carbonyl (C=O) groups excluding carboxylic acids is 1. The summed E-state index contributed by atoms with van der Waals surface area (Å²) >= 11 is 0. The van der Waals surface area contributed by atoms with Crippen molar-refractivity contribution in [1.82, 2.24) is 10.4 Å². The molecule has 1 heterocycles. The number of carbonyl (C=O) groups is 1. The van der Waals surface area contributed by atoms with Gasteiger partial charge in [0.2, 0.25) is 0 Å². The van der Waals surface area contributed by atoms with Crippen molar-refractivity contribution in [1.29, 1.82) is 0 Å². The maximum atomic E-state index is 11.8. The highest BCUT2D eigenvalue weighted by atomic mass is 16.5. The van der Waals surface area contributed by atoms with Crippen LogP contribution in [0.2, 0.25) is 0 Å². The third kappa shape index (κ3) is 3.70. The quantitative estimate of drug-likeness (QED) is 0.637. The fourth-order valence-corrected chi connectivity index (χ4v) is 1.52. The predicted molar refractivity (Wildman–Crippen MR) is 73.5 cm³/mol. The number of hydrazone groups is 1. The molecule has 0 aliphatic heterocycles. The number of hydrogen-bond donors (Lipinski definition) is 2. The highest BCUT2D eigenvalue weighted by molar-refractivity contribution is 5.94. The number of aromatic amines is 1. The summed E-state index contributed by atoms with van der Waals surface area (Å²) in [5.41, 5.74) is 3.82. The first-order chi connectivity index (χ1) is 9.29. The van der Waals surface area contributed by atoms with Gasteiger partial charge in [0, 0.05) is 11.8 Å². The van der Waals surface area contributed by atoms with E-state index in [-0.39, 0.29) is 5.91 Å². The molecule has 0 aliphatic rings. The molecule has 5 nitrogen and oxygen atoms in total. The molecule has 0 aliphatic carbocycles. The van der Waals surface area contributed by atoms with Crippen LogP contribution < -0.4 is 10.2 Å². The molecule has 5 heteroatoms. The van der Waals surface area contributed by atoms with Crippen LogP contribution in [-0.2, 0) is 0 Å². The summed E-state index contributed by atoms with van der Waals surface area (Å²) in [7, 11) is 0. The SMILES string of the molecule is CCOc1ccc(C(=O)N/N=C/c2ccc[nH]2)cc1. The van der Waals surface area contributed by atoms with E-state index >= 15 is 0 Å². The topological polar surface area (TPSA) is 66.5 Å². The maximum absolute atomic E-state index is 11.8. The van der Waals surface area contributed by atoms with Gasteiger partial charge in [0.25, 0.3) is 5.91 Å². The molecule has 0 radical (unpaired) electrons. The van der Waals surface area contributed by atoms with Gasteiger partial charge in [0.15, 0.2) is 0 Å². The number of aromatic nitrogens is 1. The summed E-state index contributed by atoms with van der Waals surface area (Å²) in [6.07, 6.45) is 3.34. The second kappa shape index (κ2) is 6.39. The lowest BCUT2D eigenvalue weighted by atomic mass is 10.2. The van der Waals surface area contributed by atoms with Crippen LogP contribution in [-0.4, -0.2) is 23.7 Å². The number of nitrogens with zero attached hydrogens (tertiary/aromatic N) is 1. The molecule has 0 spiro atoms. The zero-order valence-corrected chi connectivity index (χ0v) is 10.6. The van der Waals surface area contributed by atoms with E-state index in [1.807, 2.05) is 19.1 Å². The average molecular weight is 257 g/mol. The van der Waals surface area contributed by atoms with Gasteiger partial charge in [-0.2, -0.15) is 5.10 Å². The summed E-state index contributed by atoms with van der Waals surface area (Å²) in [6, 6.07) is 10.6. The molecule has 0 unspecified atom stereocenters. The van der Waals surface area contributed by atoms with Crippen molar-refractivity contribution in [2.45, 2.75) is 6.92 Å². The molecule has 0 saturated heterocycles. The number of amides is 1. The van der Waals surface area contributed by atoms with Crippen LogP contribution in [0.1, 0.15) is 23.0 Å². The molecule has 2 aromatic rings. The standard InChI is InChI=1S/C14H15N3O2/c1-2-19-13-7-5-11(6-8-13)14(18)17-16-10-12-4-3-9-15-12/h3-10,15H,2H2,1H3,(H,17,18)/b16-10+. The summed E-state index contributed by atoms with van der Waals surface area (Å²) in [5.74, 6) is 0.486. The van der Waals surface area contributed by atoms with Crippen molar-refractivity contribution in [3.05, 3.63) is 53.9 Å². The molecule has 0 bridgehead atoms. The largest absolute Gasteiger partial charge is 0.494 e. The van der Waals surface area contributed by atoms with E-state index in [4.69, 9.17) is 4.74 Å². The summed E-state index contributed by atoms with van der Waals surface area (Å²) < 4.78 is 5.31. The Hall–Kier alpha value is -2.56. The highest BCUT2D eigenvalue weighted by Gasteiger charge is 2.03. The first-order valence-corrected chi connectivity index (χ1v) is 5.99. The van der Waals surface area contributed by atoms with E-state index in [0.29, 0.717) is 12.2 Å². The Morgan fingerprint density at radius 2 is 2.16 bits per heavy atom. The number of benzene rings is 1. The van der Waals surface area contributed by atoms with Gasteiger partial charge < -0.3 is 9.72 Å². The number of rotatable bonds is 5. The minimum absolute atomic E-state index is 0.258. The van der Waals surface area contributed by atoms with Crippen LogP contribution in [0.5, 0.6) is 5.75 Å². The molecule has 19 heavy (non-hydrogen) atoms. The molecule has 1 aromatic heterocycles. The molecular weight excluding hydrogens is 242 g/mol. The van der Waals surface area contributed by atoms with Crippen molar-refractivity contribution in [2.24, 2.45) is 5.10 Å². The molecule has 0 atom stereocenters. The number of hydrogen-bond acceptors (Lipinski definition) is 3. The van der Waals surface area contributed by atoms with Gasteiger partial charge in [0.05, 0.1) is 18.5 Å². The molecule has 2 rings (SSSR count). The lowest BCUT2D eigenvalue weighted by molar-refractivity contribution is 0.0955. The first kappa shape index (κ1) is 12.9. The molecule has 2 N–H and O–H groups in total. The van der Waals surface area contributed by atoms with Gasteiger partial charge in [0.1, 0.15) is 5.75 Å². The monoisotopic (exact) mass is 257 g/mol. The van der Waals surface area contributed by atoms with Crippen LogP contribution in [0.4, 0.5) is 0 Å². The van der Waals surface area contributed by atoms with Gasteiger partial charge in [-0.3, -0.25) is 4.79 Å². The van der Waals surface area contributed by atoms with E-state index in [9.17, 15) is 4.79 Å².